The molecular weight excluding hydrogens is 252 g/mol. The van der Waals surface area contributed by atoms with Crippen LogP contribution in [-0.4, -0.2) is 29.1 Å². The maximum absolute atomic E-state index is 12.0. The van der Waals surface area contributed by atoms with E-state index < -0.39 is 0 Å². The third-order valence-corrected chi connectivity index (χ3v) is 3.88. The zero-order valence-corrected chi connectivity index (χ0v) is 12.0. The monoisotopic (exact) mass is 272 g/mol. The predicted molar refractivity (Wildman–Crippen MR) is 78.8 cm³/mol. The number of hydrogen-bond donors (Lipinski definition) is 1. The number of nitrogens with one attached hydrogen (secondary N) is 1. The fourth-order valence-corrected chi connectivity index (χ4v) is 2.90. The average Bonchev–Trinajstić information content (AvgIpc) is 2.63. The standard InChI is InChI=1S/C16H20N2O2/c1-3-20-16(19)18-8-4-5-14-13(10-18)12-9-11(2)6-7-15(12)17-14/h6-7,9,17H,3-5,8,10H2,1-2H3. The van der Waals surface area contributed by atoms with E-state index in [1.54, 1.807) is 0 Å². The van der Waals surface area contributed by atoms with E-state index in [1.165, 1.54) is 22.2 Å². The quantitative estimate of drug-likeness (QED) is 0.865. The van der Waals surface area contributed by atoms with Crippen molar-refractivity contribution in [3.8, 4) is 0 Å². The summed E-state index contributed by atoms with van der Waals surface area (Å²) in [6.07, 6.45) is 1.75. The normalized spacial score (nSPS) is 15.0. The number of hydrogen-bond acceptors (Lipinski definition) is 2. The lowest BCUT2D eigenvalue weighted by atomic mass is 10.1. The summed E-state index contributed by atoms with van der Waals surface area (Å²) in [6.45, 7) is 5.76. The van der Waals surface area contributed by atoms with E-state index in [2.05, 4.69) is 30.1 Å². The third-order valence-electron chi connectivity index (χ3n) is 3.88. The fourth-order valence-electron chi connectivity index (χ4n) is 2.90. The van der Waals surface area contributed by atoms with E-state index in [-0.39, 0.29) is 6.09 Å². The van der Waals surface area contributed by atoms with Crippen LogP contribution in [0.25, 0.3) is 10.9 Å². The molecule has 1 amide bonds. The summed E-state index contributed by atoms with van der Waals surface area (Å²) < 4.78 is 5.14. The van der Waals surface area contributed by atoms with Gasteiger partial charge in [0.2, 0.25) is 0 Å². The first kappa shape index (κ1) is 13.0. The zero-order chi connectivity index (χ0) is 14.1. The molecule has 0 unspecified atom stereocenters. The van der Waals surface area contributed by atoms with Crippen molar-refractivity contribution in [3.05, 3.63) is 35.0 Å². The number of carbonyl (C=O) groups excluding carboxylic acids is 1. The van der Waals surface area contributed by atoms with Crippen LogP contribution in [0, 0.1) is 6.92 Å². The number of aromatic nitrogens is 1. The van der Waals surface area contributed by atoms with E-state index in [1.807, 2.05) is 11.8 Å². The summed E-state index contributed by atoms with van der Waals surface area (Å²) in [5, 5.41) is 1.23. The highest BCUT2D eigenvalue weighted by molar-refractivity contribution is 5.86. The number of aryl methyl sites for hydroxylation is 2. The van der Waals surface area contributed by atoms with Gasteiger partial charge in [-0.3, -0.25) is 0 Å². The number of benzene rings is 1. The Morgan fingerprint density at radius 1 is 1.45 bits per heavy atom. The highest BCUT2D eigenvalue weighted by Crippen LogP contribution is 2.28. The molecule has 0 radical (unpaired) electrons. The number of nitrogens with zero attached hydrogens (tertiary/aromatic N) is 1. The maximum atomic E-state index is 12.0. The van der Waals surface area contributed by atoms with Crippen LogP contribution in [0.2, 0.25) is 0 Å². The molecule has 0 aliphatic carbocycles. The number of carbonyl (C=O) groups is 1. The van der Waals surface area contributed by atoms with Gasteiger partial charge in [0.15, 0.2) is 0 Å². The number of fused-ring (bicyclic) bond motifs is 3. The first-order chi connectivity index (χ1) is 9.69. The number of amides is 1. The van der Waals surface area contributed by atoms with Crippen LogP contribution in [0.1, 0.15) is 30.2 Å². The summed E-state index contributed by atoms with van der Waals surface area (Å²) in [6, 6.07) is 6.43. The molecule has 0 atom stereocenters. The van der Waals surface area contributed by atoms with Crippen LogP contribution in [0.3, 0.4) is 0 Å². The molecule has 3 rings (SSSR count). The van der Waals surface area contributed by atoms with Crippen LogP contribution >= 0.6 is 0 Å². The first-order valence-corrected chi connectivity index (χ1v) is 7.21. The molecule has 0 fully saturated rings. The highest BCUT2D eigenvalue weighted by Gasteiger charge is 2.22. The third kappa shape index (κ3) is 2.26. The van der Waals surface area contributed by atoms with E-state index in [4.69, 9.17) is 4.74 Å². The van der Waals surface area contributed by atoms with Crippen LogP contribution in [0.15, 0.2) is 18.2 Å². The van der Waals surface area contributed by atoms with Crippen molar-refractivity contribution in [1.82, 2.24) is 9.88 Å². The van der Waals surface area contributed by atoms with Crippen molar-refractivity contribution in [2.45, 2.75) is 33.2 Å². The molecule has 106 valence electrons. The number of ether oxygens (including phenoxy) is 1. The van der Waals surface area contributed by atoms with Crippen LogP contribution < -0.4 is 0 Å². The second-order valence-electron chi connectivity index (χ2n) is 5.36. The van der Waals surface area contributed by atoms with Gasteiger partial charge in [0.1, 0.15) is 0 Å². The molecule has 4 heteroatoms. The van der Waals surface area contributed by atoms with Crippen molar-refractivity contribution in [1.29, 1.82) is 0 Å². The Morgan fingerprint density at radius 3 is 3.10 bits per heavy atom. The Hall–Kier alpha value is -1.97. The molecule has 2 heterocycles. The molecule has 1 aromatic carbocycles. The average molecular weight is 272 g/mol. The molecule has 20 heavy (non-hydrogen) atoms. The van der Waals surface area contributed by atoms with Gasteiger partial charge in [-0.25, -0.2) is 4.79 Å². The second-order valence-corrected chi connectivity index (χ2v) is 5.36. The van der Waals surface area contributed by atoms with E-state index in [0.29, 0.717) is 13.2 Å². The topological polar surface area (TPSA) is 45.3 Å². The van der Waals surface area contributed by atoms with E-state index in [0.717, 1.165) is 24.9 Å². The van der Waals surface area contributed by atoms with Crippen molar-refractivity contribution < 1.29 is 9.53 Å². The molecule has 0 bridgehead atoms. The van der Waals surface area contributed by atoms with Crippen LogP contribution in [-0.2, 0) is 17.7 Å². The van der Waals surface area contributed by atoms with Crippen molar-refractivity contribution in [3.63, 3.8) is 0 Å². The number of aromatic amines is 1. The van der Waals surface area contributed by atoms with Crippen LogP contribution in [0.5, 0.6) is 0 Å². The van der Waals surface area contributed by atoms with Gasteiger partial charge in [0, 0.05) is 28.7 Å². The SMILES string of the molecule is CCOC(=O)N1CCCc2[nH]c3ccc(C)cc3c2C1. The van der Waals surface area contributed by atoms with Gasteiger partial charge >= 0.3 is 6.09 Å². The minimum atomic E-state index is -0.206. The fraction of sp³-hybridized carbons (Fsp3) is 0.438. The zero-order valence-electron chi connectivity index (χ0n) is 12.0. The predicted octanol–water partition coefficient (Wildman–Crippen LogP) is 3.38. The van der Waals surface area contributed by atoms with Crippen LogP contribution in [0.4, 0.5) is 4.79 Å². The Balaban J connectivity index is 1.99. The largest absolute Gasteiger partial charge is 0.450 e. The van der Waals surface area contributed by atoms with E-state index >= 15 is 0 Å². The van der Waals surface area contributed by atoms with Gasteiger partial charge in [-0.05, 0) is 38.8 Å². The summed E-state index contributed by atoms with van der Waals surface area (Å²) in [4.78, 5) is 17.3. The van der Waals surface area contributed by atoms with Crippen molar-refractivity contribution in [2.75, 3.05) is 13.2 Å². The Kier molecular flexibility index (Phi) is 3.38. The maximum Gasteiger partial charge on any atom is 0.410 e. The first-order valence-electron chi connectivity index (χ1n) is 7.21. The Labute approximate surface area is 118 Å². The number of H-pyrrole nitrogens is 1. The lowest BCUT2D eigenvalue weighted by Crippen LogP contribution is -2.31. The smallest absolute Gasteiger partial charge is 0.410 e. The van der Waals surface area contributed by atoms with Gasteiger partial charge in [0.25, 0.3) is 0 Å². The highest BCUT2D eigenvalue weighted by atomic mass is 16.6. The lowest BCUT2D eigenvalue weighted by molar-refractivity contribution is 0.105. The van der Waals surface area contributed by atoms with Gasteiger partial charge in [-0.15, -0.1) is 0 Å². The molecule has 2 aromatic rings. The molecular formula is C16H20N2O2. The number of rotatable bonds is 1. The summed E-state index contributed by atoms with van der Waals surface area (Å²) in [5.41, 5.74) is 4.91. The van der Waals surface area contributed by atoms with Crippen molar-refractivity contribution >= 4 is 17.0 Å². The summed E-state index contributed by atoms with van der Waals surface area (Å²) in [5.74, 6) is 0. The van der Waals surface area contributed by atoms with Gasteiger partial charge in [-0.2, -0.15) is 0 Å². The summed E-state index contributed by atoms with van der Waals surface area (Å²) >= 11 is 0. The minimum absolute atomic E-state index is 0.206. The molecule has 0 spiro atoms. The molecule has 1 N–H and O–H groups in total. The summed E-state index contributed by atoms with van der Waals surface area (Å²) in [7, 11) is 0. The van der Waals surface area contributed by atoms with E-state index in [9.17, 15) is 4.79 Å². The molecule has 0 saturated carbocycles. The van der Waals surface area contributed by atoms with Gasteiger partial charge < -0.3 is 14.6 Å². The molecule has 1 aromatic heterocycles. The molecule has 4 nitrogen and oxygen atoms in total. The molecule has 1 aliphatic rings. The van der Waals surface area contributed by atoms with Gasteiger partial charge in [0.05, 0.1) is 13.2 Å². The van der Waals surface area contributed by atoms with Crippen molar-refractivity contribution in [2.24, 2.45) is 0 Å². The second kappa shape index (κ2) is 5.19. The minimum Gasteiger partial charge on any atom is -0.450 e. The lowest BCUT2D eigenvalue weighted by Gasteiger charge is -2.19. The Morgan fingerprint density at radius 2 is 2.30 bits per heavy atom. The molecule has 0 saturated heterocycles. The Bertz CT molecular complexity index is 645. The van der Waals surface area contributed by atoms with Gasteiger partial charge in [-0.1, -0.05) is 11.6 Å². The molecule has 1 aliphatic heterocycles.